The molecular formula is C24H21F2N3O6S3. The van der Waals surface area contributed by atoms with E-state index in [1.165, 1.54) is 60.8 Å². The molecule has 0 radical (unpaired) electrons. The highest BCUT2D eigenvalue weighted by molar-refractivity contribution is 7.92. The molecule has 1 atom stereocenters. The summed E-state index contributed by atoms with van der Waals surface area (Å²) in [4.78, 5) is 3.80. The molecule has 1 aliphatic heterocycles. The Morgan fingerprint density at radius 2 is 1.63 bits per heavy atom. The lowest BCUT2D eigenvalue weighted by molar-refractivity contribution is 0.145. The van der Waals surface area contributed by atoms with E-state index in [2.05, 4.69) is 9.71 Å². The summed E-state index contributed by atoms with van der Waals surface area (Å²) in [7, 11) is -11.7. The molecule has 1 fully saturated rings. The van der Waals surface area contributed by atoms with Crippen LogP contribution in [-0.2, 0) is 29.9 Å². The summed E-state index contributed by atoms with van der Waals surface area (Å²) in [6, 6.07) is 14.6. The molecule has 9 nitrogen and oxygen atoms in total. The van der Waals surface area contributed by atoms with Crippen LogP contribution in [0.2, 0.25) is 0 Å². The maximum absolute atomic E-state index is 14.0. The summed E-state index contributed by atoms with van der Waals surface area (Å²) in [6.07, 6.45) is -1.64. The minimum atomic E-state index is -4.40. The zero-order chi connectivity index (χ0) is 27.3. The fourth-order valence-electron chi connectivity index (χ4n) is 4.44. The molecule has 1 N–H and O–H groups in total. The number of halogens is 2. The second kappa shape index (κ2) is 9.52. The van der Waals surface area contributed by atoms with Gasteiger partial charge in [-0.25, -0.2) is 47.7 Å². The quantitative estimate of drug-likeness (QED) is 0.354. The van der Waals surface area contributed by atoms with Crippen molar-refractivity contribution in [3.63, 3.8) is 0 Å². The molecule has 1 unspecified atom stereocenters. The fraction of sp³-hybridized carbons (Fsp3) is 0.208. The third-order valence-corrected chi connectivity index (χ3v) is 11.3. The van der Waals surface area contributed by atoms with Crippen LogP contribution >= 0.6 is 0 Å². The van der Waals surface area contributed by atoms with Crippen LogP contribution in [0, 0.1) is 0 Å². The molecule has 0 bridgehead atoms. The van der Waals surface area contributed by atoms with Crippen molar-refractivity contribution >= 4 is 40.9 Å². The lowest BCUT2D eigenvalue weighted by Crippen LogP contribution is -2.35. The molecule has 1 aliphatic rings. The van der Waals surface area contributed by atoms with E-state index in [0.717, 1.165) is 6.07 Å². The van der Waals surface area contributed by atoms with Gasteiger partial charge < -0.3 is 0 Å². The van der Waals surface area contributed by atoms with Gasteiger partial charge in [0.2, 0.25) is 10.0 Å². The van der Waals surface area contributed by atoms with Gasteiger partial charge in [0, 0.05) is 17.6 Å². The fourth-order valence-corrected chi connectivity index (χ4v) is 8.98. The first-order valence-electron chi connectivity index (χ1n) is 11.3. The predicted molar refractivity (Wildman–Crippen MR) is 137 cm³/mol. The van der Waals surface area contributed by atoms with Crippen molar-refractivity contribution in [1.82, 2.24) is 13.7 Å². The van der Waals surface area contributed by atoms with E-state index in [0.29, 0.717) is 15.1 Å². The largest absolute Gasteiger partial charge is 0.279 e. The lowest BCUT2D eigenvalue weighted by Gasteiger charge is -2.12. The predicted octanol–water partition coefficient (Wildman–Crippen LogP) is 3.34. The summed E-state index contributed by atoms with van der Waals surface area (Å²) in [6.45, 7) is 0. The van der Waals surface area contributed by atoms with Gasteiger partial charge in [-0.3, -0.25) is 0 Å². The van der Waals surface area contributed by atoms with E-state index in [-0.39, 0.29) is 38.8 Å². The van der Waals surface area contributed by atoms with Crippen LogP contribution in [0.25, 0.3) is 22.2 Å². The normalized spacial score (nSPS) is 17.8. The number of nitrogens with zero attached hydrogens (tertiary/aromatic N) is 2. The smallest absolute Gasteiger partial charge is 0.237 e. The molecule has 4 aromatic rings. The van der Waals surface area contributed by atoms with Gasteiger partial charge in [0.05, 0.1) is 21.3 Å². The average molecular weight is 582 g/mol. The number of sulfone groups is 1. The van der Waals surface area contributed by atoms with Crippen molar-refractivity contribution < 1.29 is 34.0 Å². The van der Waals surface area contributed by atoms with Gasteiger partial charge in [0.15, 0.2) is 15.5 Å². The molecule has 200 valence electrons. The van der Waals surface area contributed by atoms with E-state index in [1.54, 1.807) is 6.07 Å². The Bertz CT molecular complexity index is 1840. The molecule has 1 saturated heterocycles. The van der Waals surface area contributed by atoms with Crippen molar-refractivity contribution in [3.05, 3.63) is 78.6 Å². The minimum Gasteiger partial charge on any atom is -0.237 e. The molecule has 14 heteroatoms. The summed E-state index contributed by atoms with van der Waals surface area (Å²) in [5.74, 6) is -0.355. The number of sulfonamides is 1. The Morgan fingerprint density at radius 3 is 2.24 bits per heavy atom. The first-order chi connectivity index (χ1) is 17.9. The molecule has 2 aromatic heterocycles. The van der Waals surface area contributed by atoms with Crippen LogP contribution < -0.4 is 4.72 Å². The second-order valence-corrected chi connectivity index (χ2v) is 14.5. The number of aromatic nitrogens is 2. The summed E-state index contributed by atoms with van der Waals surface area (Å²) >= 11 is 0. The van der Waals surface area contributed by atoms with Crippen molar-refractivity contribution in [2.45, 2.75) is 28.7 Å². The topological polar surface area (TPSA) is 132 Å². The maximum Gasteiger partial charge on any atom is 0.279 e. The highest BCUT2D eigenvalue weighted by Gasteiger charge is 2.32. The zero-order valence-corrected chi connectivity index (χ0v) is 22.0. The van der Waals surface area contributed by atoms with Crippen LogP contribution in [-0.4, -0.2) is 51.8 Å². The lowest BCUT2D eigenvalue weighted by atomic mass is 10.0. The Hall–Kier alpha value is -3.20. The molecule has 0 amide bonds. The first kappa shape index (κ1) is 26.4. The van der Waals surface area contributed by atoms with Gasteiger partial charge >= 0.3 is 0 Å². The maximum atomic E-state index is 14.0. The summed E-state index contributed by atoms with van der Waals surface area (Å²) < 4.78 is 106. The van der Waals surface area contributed by atoms with E-state index in [1.807, 2.05) is 0 Å². The van der Waals surface area contributed by atoms with Crippen LogP contribution in [0.1, 0.15) is 18.5 Å². The second-order valence-electron chi connectivity index (χ2n) is 8.79. The third-order valence-electron chi connectivity index (χ3n) is 6.22. The van der Waals surface area contributed by atoms with Crippen LogP contribution in [0.4, 0.5) is 8.78 Å². The van der Waals surface area contributed by atoms with E-state index in [4.69, 9.17) is 0 Å². The van der Waals surface area contributed by atoms with E-state index in [9.17, 15) is 34.0 Å². The Morgan fingerprint density at radius 1 is 0.947 bits per heavy atom. The number of hydrogen-bond acceptors (Lipinski definition) is 7. The van der Waals surface area contributed by atoms with Crippen LogP contribution in [0.3, 0.4) is 0 Å². The van der Waals surface area contributed by atoms with Crippen molar-refractivity contribution in [2.24, 2.45) is 0 Å². The Kier molecular flexibility index (Phi) is 6.62. The summed E-state index contributed by atoms with van der Waals surface area (Å²) in [5.41, 5.74) is -0.131. The van der Waals surface area contributed by atoms with Crippen molar-refractivity contribution in [3.8, 4) is 11.1 Å². The molecule has 3 heterocycles. The van der Waals surface area contributed by atoms with Crippen molar-refractivity contribution in [2.75, 3.05) is 11.5 Å². The van der Waals surface area contributed by atoms with E-state index >= 15 is 0 Å². The number of benzene rings is 2. The van der Waals surface area contributed by atoms with Gasteiger partial charge in [-0.15, -0.1) is 0 Å². The number of fused-ring (bicyclic) bond motifs is 1. The monoisotopic (exact) mass is 581 g/mol. The summed E-state index contributed by atoms with van der Waals surface area (Å²) in [5, 5.41) is 0.146. The molecule has 0 aliphatic carbocycles. The molecule has 5 rings (SSSR count). The molecule has 0 saturated carbocycles. The van der Waals surface area contributed by atoms with Gasteiger partial charge in [-0.05, 0) is 53.9 Å². The molecule has 2 aromatic carbocycles. The first-order valence-corrected chi connectivity index (χ1v) is 16.1. The zero-order valence-electron chi connectivity index (χ0n) is 19.5. The molecule has 0 spiro atoms. The number of rotatable bonds is 7. The Balaban J connectivity index is 1.55. The average Bonchev–Trinajstić information content (AvgIpc) is 3.44. The van der Waals surface area contributed by atoms with Gasteiger partial charge in [0.1, 0.15) is 5.69 Å². The number of hydrogen-bond donors (Lipinski definition) is 1. The highest BCUT2D eigenvalue weighted by atomic mass is 32.2. The number of alkyl halides is 2. The van der Waals surface area contributed by atoms with Crippen LogP contribution in [0.15, 0.2) is 82.7 Å². The van der Waals surface area contributed by atoms with Gasteiger partial charge in [-0.2, -0.15) is 0 Å². The third kappa shape index (κ3) is 4.84. The van der Waals surface area contributed by atoms with E-state index < -0.39 is 48.0 Å². The standard InChI is InChI=1S/C24H21F2N3O6S3/c25-23(26)22-14-21-20(10-12-27-24(21)29(22)38(34,35)19-4-2-1-3-5-19)16-6-8-18(9-7-16)37(32,33)28-17-11-13-36(30,31)15-17/h1-10,12,14,17,23,28H,11,13,15H2. The molecule has 38 heavy (non-hydrogen) atoms. The van der Waals surface area contributed by atoms with Crippen molar-refractivity contribution in [1.29, 1.82) is 0 Å². The van der Waals surface area contributed by atoms with Gasteiger partial charge in [0.25, 0.3) is 16.4 Å². The number of pyridine rings is 1. The Labute approximate surface area is 218 Å². The van der Waals surface area contributed by atoms with Crippen LogP contribution in [0.5, 0.6) is 0 Å². The minimum absolute atomic E-state index is 0.0859. The SMILES string of the molecule is O=S1(=O)CCC(NS(=O)(=O)c2ccc(-c3ccnc4c3cc(C(F)F)n4S(=O)(=O)c3ccccc3)cc2)C1. The highest BCUT2D eigenvalue weighted by Crippen LogP contribution is 2.36. The molecular weight excluding hydrogens is 560 g/mol. The van der Waals surface area contributed by atoms with Gasteiger partial charge in [-0.1, -0.05) is 30.3 Å². The number of nitrogens with one attached hydrogen (secondary N) is 1.